The Morgan fingerprint density at radius 3 is 2.22 bits per heavy atom. The number of rotatable bonds is 6. The maximum Gasteiger partial charge on any atom is 0.217 e. The van der Waals surface area contributed by atoms with Crippen LogP contribution < -0.4 is 22.5 Å². The Bertz CT molecular complexity index is 497. The third-order valence-corrected chi connectivity index (χ3v) is 5.17. The lowest BCUT2D eigenvalue weighted by Gasteiger charge is -2.47. The van der Waals surface area contributed by atoms with Gasteiger partial charge in [0.05, 0.1) is 18.2 Å². The van der Waals surface area contributed by atoms with Crippen molar-refractivity contribution in [2.45, 2.75) is 69.0 Å². The van der Waals surface area contributed by atoms with Gasteiger partial charge in [0.1, 0.15) is 24.4 Å². The summed E-state index contributed by atoms with van der Waals surface area (Å²) in [6.45, 7) is 3.30. The molecule has 2 fully saturated rings. The second-order valence-electron chi connectivity index (χ2n) is 7.04. The first-order valence-electron chi connectivity index (χ1n) is 9.03. The van der Waals surface area contributed by atoms with Crippen molar-refractivity contribution in [2.24, 2.45) is 23.1 Å². The Hall–Kier alpha value is -0.890. The molecule has 0 aromatic carbocycles. The number of aliphatic hydroxyl groups is 2. The molecule has 11 nitrogen and oxygen atoms in total. The Kier molecular flexibility index (Phi) is 7.92. The number of aliphatic hydroxyl groups excluding tert-OH is 2. The fraction of sp³-hybridized carbons (Fsp3) is 0.938. The summed E-state index contributed by atoms with van der Waals surface area (Å²) in [5.41, 5.74) is 17.5. The van der Waals surface area contributed by atoms with Crippen molar-refractivity contribution in [3.63, 3.8) is 0 Å². The maximum absolute atomic E-state index is 11.5. The van der Waals surface area contributed by atoms with Gasteiger partial charge in [0.25, 0.3) is 0 Å². The minimum Gasteiger partial charge on any atom is -0.391 e. The van der Waals surface area contributed by atoms with Crippen LogP contribution in [0.25, 0.3) is 0 Å². The van der Waals surface area contributed by atoms with Gasteiger partial charge < -0.3 is 51.7 Å². The van der Waals surface area contributed by atoms with Crippen LogP contribution in [0.5, 0.6) is 0 Å². The molecule has 11 heteroatoms. The van der Waals surface area contributed by atoms with Gasteiger partial charge in [0.2, 0.25) is 5.91 Å². The van der Waals surface area contributed by atoms with Crippen molar-refractivity contribution in [3.05, 3.63) is 0 Å². The standard InChI is InChI=1S/C16H32N4O7/c1-6-8(4-17)25-15(10(19)12(6)22)27-14-9(5-18)26-16(24-3)11(13(14)23)20-7(2)21/h6,8-16,22-23H,4-5,17-19H2,1-3H3,(H,20,21). The topological polar surface area (TPSA) is 185 Å². The highest BCUT2D eigenvalue weighted by Gasteiger charge is 2.49. The zero-order valence-electron chi connectivity index (χ0n) is 15.9. The van der Waals surface area contributed by atoms with E-state index in [1.165, 1.54) is 14.0 Å². The molecule has 1 amide bonds. The van der Waals surface area contributed by atoms with E-state index in [4.69, 9.17) is 36.1 Å². The van der Waals surface area contributed by atoms with Crippen LogP contribution in [0.4, 0.5) is 0 Å². The summed E-state index contributed by atoms with van der Waals surface area (Å²) in [5.74, 6) is -0.639. The first-order chi connectivity index (χ1) is 12.7. The van der Waals surface area contributed by atoms with Gasteiger partial charge in [-0.25, -0.2) is 0 Å². The third kappa shape index (κ3) is 4.75. The number of carbonyl (C=O) groups is 1. The molecule has 2 aliphatic rings. The zero-order chi connectivity index (χ0) is 20.3. The zero-order valence-corrected chi connectivity index (χ0v) is 15.9. The molecule has 0 spiro atoms. The predicted molar refractivity (Wildman–Crippen MR) is 94.1 cm³/mol. The molecule has 0 aliphatic carbocycles. The normalized spacial score (nSPS) is 45.5. The number of hydrogen-bond acceptors (Lipinski definition) is 10. The molecule has 10 atom stereocenters. The summed E-state index contributed by atoms with van der Waals surface area (Å²) >= 11 is 0. The van der Waals surface area contributed by atoms with Crippen LogP contribution >= 0.6 is 0 Å². The van der Waals surface area contributed by atoms with Gasteiger partial charge in [-0.15, -0.1) is 0 Å². The fourth-order valence-electron chi connectivity index (χ4n) is 3.53. The van der Waals surface area contributed by atoms with Crippen LogP contribution in [0.3, 0.4) is 0 Å². The number of nitrogens with one attached hydrogen (secondary N) is 1. The van der Waals surface area contributed by atoms with Gasteiger partial charge in [0, 0.05) is 33.0 Å². The molecule has 0 saturated carbocycles. The number of methoxy groups -OCH3 is 1. The van der Waals surface area contributed by atoms with Crippen LogP contribution in [0.15, 0.2) is 0 Å². The molecule has 0 aromatic heterocycles. The summed E-state index contributed by atoms with van der Waals surface area (Å²) < 4.78 is 22.6. The Morgan fingerprint density at radius 1 is 1.11 bits per heavy atom. The lowest BCUT2D eigenvalue weighted by molar-refractivity contribution is -0.316. The van der Waals surface area contributed by atoms with Gasteiger partial charge >= 0.3 is 0 Å². The summed E-state index contributed by atoms with van der Waals surface area (Å²) in [5, 5.41) is 23.7. The monoisotopic (exact) mass is 392 g/mol. The average molecular weight is 392 g/mol. The lowest BCUT2D eigenvalue weighted by Crippen LogP contribution is -2.68. The van der Waals surface area contributed by atoms with Gasteiger partial charge in [-0.2, -0.15) is 0 Å². The highest BCUT2D eigenvalue weighted by Crippen LogP contribution is 2.30. The van der Waals surface area contributed by atoms with E-state index in [0.29, 0.717) is 0 Å². The first-order valence-corrected chi connectivity index (χ1v) is 9.03. The SMILES string of the molecule is COC1OC(CN)C(OC2OC(CN)C(C)C(O)C2N)C(O)C1NC(C)=O. The molecule has 158 valence electrons. The number of hydrogen-bond donors (Lipinski definition) is 6. The number of nitrogens with two attached hydrogens (primary N) is 3. The predicted octanol–water partition coefficient (Wildman–Crippen LogP) is -3.42. The molecule has 9 N–H and O–H groups in total. The summed E-state index contributed by atoms with van der Waals surface area (Å²) in [4.78, 5) is 11.5. The molecular formula is C16H32N4O7. The van der Waals surface area contributed by atoms with E-state index in [1.54, 1.807) is 6.92 Å². The maximum atomic E-state index is 11.5. The minimum absolute atomic E-state index is 0.0234. The average Bonchev–Trinajstić information content (AvgIpc) is 2.64. The van der Waals surface area contributed by atoms with Crippen molar-refractivity contribution in [1.82, 2.24) is 5.32 Å². The van der Waals surface area contributed by atoms with E-state index in [-0.39, 0.29) is 24.9 Å². The molecule has 2 heterocycles. The number of ether oxygens (including phenoxy) is 4. The molecule has 27 heavy (non-hydrogen) atoms. The van der Waals surface area contributed by atoms with Gasteiger partial charge in [0.15, 0.2) is 12.6 Å². The van der Waals surface area contributed by atoms with E-state index in [0.717, 1.165) is 0 Å². The van der Waals surface area contributed by atoms with Crippen LogP contribution in [0, 0.1) is 5.92 Å². The highest BCUT2D eigenvalue weighted by molar-refractivity contribution is 5.73. The van der Waals surface area contributed by atoms with Gasteiger partial charge in [-0.3, -0.25) is 4.79 Å². The third-order valence-electron chi connectivity index (χ3n) is 5.17. The van der Waals surface area contributed by atoms with E-state index in [9.17, 15) is 15.0 Å². The second-order valence-corrected chi connectivity index (χ2v) is 7.04. The van der Waals surface area contributed by atoms with E-state index >= 15 is 0 Å². The van der Waals surface area contributed by atoms with Crippen molar-refractivity contribution < 1.29 is 34.0 Å². The second kappa shape index (κ2) is 9.54. The Labute approximate surface area is 158 Å². The molecule has 2 saturated heterocycles. The van der Waals surface area contributed by atoms with Crippen LogP contribution in [-0.4, -0.2) is 91.5 Å². The minimum atomic E-state index is -1.20. The first kappa shape index (κ1) is 22.4. The van der Waals surface area contributed by atoms with Crippen LogP contribution in [0.1, 0.15) is 13.8 Å². The number of carbonyl (C=O) groups excluding carboxylic acids is 1. The van der Waals surface area contributed by atoms with Crippen LogP contribution in [-0.2, 0) is 23.7 Å². The Balaban J connectivity index is 2.19. The van der Waals surface area contributed by atoms with Crippen molar-refractivity contribution in [2.75, 3.05) is 20.2 Å². The molecule has 0 aromatic rings. The van der Waals surface area contributed by atoms with E-state index < -0.39 is 55.2 Å². The molecule has 0 bridgehead atoms. The quantitative estimate of drug-likeness (QED) is 0.266. The van der Waals surface area contributed by atoms with Gasteiger partial charge in [-0.1, -0.05) is 6.92 Å². The van der Waals surface area contributed by atoms with Crippen molar-refractivity contribution in [1.29, 1.82) is 0 Å². The molecule has 10 unspecified atom stereocenters. The molecular weight excluding hydrogens is 360 g/mol. The van der Waals surface area contributed by atoms with Crippen LogP contribution in [0.2, 0.25) is 0 Å². The van der Waals surface area contributed by atoms with Crippen molar-refractivity contribution in [3.8, 4) is 0 Å². The molecule has 2 rings (SSSR count). The van der Waals surface area contributed by atoms with E-state index in [2.05, 4.69) is 5.32 Å². The summed E-state index contributed by atoms with van der Waals surface area (Å²) in [7, 11) is 1.39. The van der Waals surface area contributed by atoms with Crippen molar-refractivity contribution >= 4 is 5.91 Å². The fourth-order valence-corrected chi connectivity index (χ4v) is 3.53. The van der Waals surface area contributed by atoms with Gasteiger partial charge in [-0.05, 0) is 0 Å². The largest absolute Gasteiger partial charge is 0.391 e. The highest BCUT2D eigenvalue weighted by atomic mass is 16.7. The molecule has 2 aliphatic heterocycles. The molecule has 0 radical (unpaired) electrons. The van der Waals surface area contributed by atoms with E-state index in [1.807, 2.05) is 0 Å². The Morgan fingerprint density at radius 2 is 1.70 bits per heavy atom. The summed E-state index contributed by atoms with van der Waals surface area (Å²) in [6, 6.07) is -1.73. The lowest BCUT2D eigenvalue weighted by atomic mass is 9.89. The smallest absolute Gasteiger partial charge is 0.217 e. The summed E-state index contributed by atoms with van der Waals surface area (Å²) in [6.07, 6.45) is -6.19. The number of amides is 1.